The Morgan fingerprint density at radius 2 is 2.06 bits per heavy atom. The average Bonchev–Trinajstić information content (AvgIpc) is 3.49. The summed E-state index contributed by atoms with van der Waals surface area (Å²) >= 11 is 0. The maximum atomic E-state index is 14.3. The molecule has 0 saturated heterocycles. The number of aryl methyl sites for hydroxylation is 1. The Bertz CT molecular complexity index is 1400. The third-order valence-corrected chi connectivity index (χ3v) is 5.77. The van der Waals surface area contributed by atoms with E-state index in [0.29, 0.717) is 11.0 Å². The number of fused-ring (bicyclic) bond motifs is 2. The molecule has 14 heteroatoms. The number of pyridine rings is 1. The van der Waals surface area contributed by atoms with Crippen molar-refractivity contribution in [3.63, 3.8) is 0 Å². The maximum Gasteiger partial charge on any atom is 0.388 e. The zero-order chi connectivity index (χ0) is 25.6. The van der Waals surface area contributed by atoms with Gasteiger partial charge in [-0.25, -0.2) is 18.4 Å². The molecule has 0 aliphatic carbocycles. The standard InChI is InChI=1S/C22H22F4N6O4/c1-22(35-7-6-33)9-32-20(34-10-22)14(16(29-32)17(23)24)15-13(11-4-3-5-27-18(11)28-15)12-8-31(2)30-19(12)36-21(25)26/h3-5,8,17,21,33H,6-7,9-10H2,1-2H3,(H,27,28)/t22-/m0/s1. The van der Waals surface area contributed by atoms with Gasteiger partial charge in [-0.15, -0.1) is 5.10 Å². The van der Waals surface area contributed by atoms with E-state index in [0.717, 1.165) is 0 Å². The SMILES string of the molecule is Cn1cc(-c2c(-c3c(C(F)F)nn4c3OC[C@@](C)(OCCO)C4)[nH]c3ncccc23)c(OC(F)F)n1. The van der Waals surface area contributed by atoms with E-state index in [4.69, 9.17) is 14.6 Å². The average molecular weight is 510 g/mol. The molecule has 4 aromatic rings. The number of aliphatic hydroxyl groups is 1. The fourth-order valence-electron chi connectivity index (χ4n) is 4.37. The Morgan fingerprint density at radius 1 is 1.25 bits per heavy atom. The molecule has 4 aromatic heterocycles. The number of rotatable bonds is 8. The number of H-pyrrole nitrogens is 1. The minimum Gasteiger partial charge on any atom is -0.474 e. The number of aliphatic hydroxyl groups excluding tert-OH is 1. The molecular weight excluding hydrogens is 488 g/mol. The summed E-state index contributed by atoms with van der Waals surface area (Å²) in [6.07, 6.45) is -0.0203. The topological polar surface area (TPSA) is 112 Å². The maximum absolute atomic E-state index is 14.3. The molecular formula is C22H22F4N6O4. The van der Waals surface area contributed by atoms with E-state index in [1.54, 1.807) is 19.1 Å². The van der Waals surface area contributed by atoms with Crippen LogP contribution in [0.25, 0.3) is 33.4 Å². The number of nitrogens with zero attached hydrogens (tertiary/aromatic N) is 5. The number of hydrogen-bond donors (Lipinski definition) is 2. The van der Waals surface area contributed by atoms with Crippen molar-refractivity contribution in [3.05, 3.63) is 30.2 Å². The Morgan fingerprint density at radius 3 is 2.78 bits per heavy atom. The molecule has 1 atom stereocenters. The summed E-state index contributed by atoms with van der Waals surface area (Å²) in [4.78, 5) is 7.30. The van der Waals surface area contributed by atoms with Crippen molar-refractivity contribution < 1.29 is 36.9 Å². The second kappa shape index (κ2) is 9.09. The summed E-state index contributed by atoms with van der Waals surface area (Å²) in [5.74, 6) is -0.313. The quantitative estimate of drug-likeness (QED) is 0.349. The van der Waals surface area contributed by atoms with Gasteiger partial charge >= 0.3 is 6.61 Å². The van der Waals surface area contributed by atoms with E-state index in [-0.39, 0.29) is 60.5 Å². The lowest BCUT2D eigenvalue weighted by Gasteiger charge is -2.34. The van der Waals surface area contributed by atoms with Crippen LogP contribution in [-0.2, 0) is 18.3 Å². The van der Waals surface area contributed by atoms with Crippen molar-refractivity contribution in [1.82, 2.24) is 29.5 Å². The summed E-state index contributed by atoms with van der Waals surface area (Å²) in [5.41, 5.74) is -0.593. The number of alkyl halides is 4. The monoisotopic (exact) mass is 510 g/mol. The fourth-order valence-corrected chi connectivity index (χ4v) is 4.37. The van der Waals surface area contributed by atoms with Gasteiger partial charge in [0.2, 0.25) is 11.8 Å². The Kier molecular flexibility index (Phi) is 6.08. The summed E-state index contributed by atoms with van der Waals surface area (Å²) < 4.78 is 73.6. The van der Waals surface area contributed by atoms with Gasteiger partial charge in [-0.1, -0.05) is 0 Å². The smallest absolute Gasteiger partial charge is 0.388 e. The van der Waals surface area contributed by atoms with Gasteiger partial charge in [-0.05, 0) is 19.1 Å². The van der Waals surface area contributed by atoms with Gasteiger partial charge in [0.05, 0.1) is 36.6 Å². The zero-order valence-electron chi connectivity index (χ0n) is 19.2. The lowest BCUT2D eigenvalue weighted by Crippen LogP contribution is -2.44. The van der Waals surface area contributed by atoms with Crippen LogP contribution in [0.4, 0.5) is 17.6 Å². The number of hydrogen-bond acceptors (Lipinski definition) is 7. The zero-order valence-corrected chi connectivity index (χ0v) is 19.2. The summed E-state index contributed by atoms with van der Waals surface area (Å²) in [6.45, 7) is -1.51. The number of halogens is 4. The highest BCUT2D eigenvalue weighted by molar-refractivity contribution is 6.04. The van der Waals surface area contributed by atoms with E-state index in [2.05, 4.69) is 24.9 Å². The van der Waals surface area contributed by atoms with Crippen LogP contribution in [-0.4, -0.2) is 66.7 Å². The van der Waals surface area contributed by atoms with Crippen LogP contribution in [0.3, 0.4) is 0 Å². The number of aromatic amines is 1. The highest BCUT2D eigenvalue weighted by Gasteiger charge is 2.39. The van der Waals surface area contributed by atoms with Crippen molar-refractivity contribution in [1.29, 1.82) is 0 Å². The first-order valence-corrected chi connectivity index (χ1v) is 10.9. The molecule has 0 amide bonds. The van der Waals surface area contributed by atoms with Crippen LogP contribution in [0.2, 0.25) is 0 Å². The fraction of sp³-hybridized carbons (Fsp3) is 0.409. The molecule has 0 radical (unpaired) electrons. The van der Waals surface area contributed by atoms with Gasteiger partial charge in [-0.2, -0.15) is 13.9 Å². The Balaban J connectivity index is 1.73. The number of aromatic nitrogens is 6. The van der Waals surface area contributed by atoms with Crippen LogP contribution in [0.1, 0.15) is 19.0 Å². The molecule has 0 unspecified atom stereocenters. The van der Waals surface area contributed by atoms with E-state index < -0.39 is 24.3 Å². The summed E-state index contributed by atoms with van der Waals surface area (Å²) in [6, 6.07) is 3.31. The molecule has 0 spiro atoms. The minimum absolute atomic E-state index is 0.00875. The van der Waals surface area contributed by atoms with E-state index in [9.17, 15) is 17.6 Å². The van der Waals surface area contributed by atoms with Gasteiger partial charge in [0.25, 0.3) is 6.43 Å². The van der Waals surface area contributed by atoms with E-state index >= 15 is 0 Å². The van der Waals surface area contributed by atoms with Crippen molar-refractivity contribution in [2.75, 3.05) is 19.8 Å². The summed E-state index contributed by atoms with van der Waals surface area (Å²) in [7, 11) is 1.53. The summed E-state index contributed by atoms with van der Waals surface area (Å²) in [5, 5.41) is 17.6. The normalized spacial score (nSPS) is 17.7. The molecule has 36 heavy (non-hydrogen) atoms. The number of nitrogens with one attached hydrogen (secondary N) is 1. The Hall–Kier alpha value is -3.65. The van der Waals surface area contributed by atoms with Crippen LogP contribution in [0.15, 0.2) is 24.5 Å². The number of ether oxygens (including phenoxy) is 3. The third-order valence-electron chi connectivity index (χ3n) is 5.77. The molecule has 10 nitrogen and oxygen atoms in total. The largest absolute Gasteiger partial charge is 0.474 e. The molecule has 0 saturated carbocycles. The van der Waals surface area contributed by atoms with Crippen molar-refractivity contribution in [3.8, 4) is 34.1 Å². The van der Waals surface area contributed by atoms with Crippen LogP contribution < -0.4 is 9.47 Å². The lowest BCUT2D eigenvalue weighted by molar-refractivity contribution is -0.0978. The van der Waals surface area contributed by atoms with Gasteiger partial charge in [0.1, 0.15) is 23.5 Å². The molecule has 0 aromatic carbocycles. The second-order valence-electron chi connectivity index (χ2n) is 8.51. The minimum atomic E-state index is -3.15. The third kappa shape index (κ3) is 4.15. The molecule has 1 aliphatic rings. The van der Waals surface area contributed by atoms with Gasteiger partial charge < -0.3 is 24.3 Å². The lowest BCUT2D eigenvalue weighted by atomic mass is 10.0. The van der Waals surface area contributed by atoms with Crippen molar-refractivity contribution in [2.24, 2.45) is 7.05 Å². The van der Waals surface area contributed by atoms with Gasteiger partial charge in [0, 0.05) is 30.4 Å². The highest BCUT2D eigenvalue weighted by Crippen LogP contribution is 2.48. The molecule has 192 valence electrons. The van der Waals surface area contributed by atoms with E-state index in [1.807, 2.05) is 0 Å². The first-order chi connectivity index (χ1) is 17.2. The molecule has 0 bridgehead atoms. The predicted molar refractivity (Wildman–Crippen MR) is 118 cm³/mol. The van der Waals surface area contributed by atoms with Crippen LogP contribution in [0, 0.1) is 0 Å². The molecule has 2 N–H and O–H groups in total. The molecule has 5 rings (SSSR count). The first-order valence-electron chi connectivity index (χ1n) is 10.9. The Labute approximate surface area is 201 Å². The van der Waals surface area contributed by atoms with Crippen molar-refractivity contribution in [2.45, 2.75) is 32.1 Å². The highest BCUT2D eigenvalue weighted by atomic mass is 19.3. The van der Waals surface area contributed by atoms with E-state index in [1.165, 1.54) is 28.8 Å². The van der Waals surface area contributed by atoms with Gasteiger partial charge in [0.15, 0.2) is 0 Å². The van der Waals surface area contributed by atoms with Gasteiger partial charge in [-0.3, -0.25) is 4.68 Å². The van der Waals surface area contributed by atoms with Crippen LogP contribution in [0.5, 0.6) is 11.8 Å². The van der Waals surface area contributed by atoms with Crippen molar-refractivity contribution >= 4 is 11.0 Å². The predicted octanol–water partition coefficient (Wildman–Crippen LogP) is 3.53. The molecule has 0 fully saturated rings. The molecule has 5 heterocycles. The first kappa shape index (κ1) is 24.1. The second-order valence-corrected chi connectivity index (χ2v) is 8.51. The van der Waals surface area contributed by atoms with Crippen LogP contribution >= 0.6 is 0 Å². The molecule has 1 aliphatic heterocycles.